The molecule has 0 aliphatic heterocycles. The molecule has 0 fully saturated rings. The Morgan fingerprint density at radius 2 is 1.96 bits per heavy atom. The molecule has 0 saturated carbocycles. The lowest BCUT2D eigenvalue weighted by molar-refractivity contribution is 0.0603. The first-order valence-corrected chi connectivity index (χ1v) is 7.63. The molecule has 0 aliphatic carbocycles. The van der Waals surface area contributed by atoms with Gasteiger partial charge in [0.2, 0.25) is 5.88 Å². The largest absolute Gasteiger partial charge is 0.465 e. The smallest absolute Gasteiger partial charge is 0.414 e. The number of hydrogen-bond acceptors (Lipinski definition) is 6. The molecule has 1 N–H and O–H groups in total. The number of nitrogens with one attached hydrogen (secondary N) is 1. The zero-order chi connectivity index (χ0) is 18.1. The van der Waals surface area contributed by atoms with Gasteiger partial charge in [0.25, 0.3) is 0 Å². The Morgan fingerprint density at radius 3 is 2.50 bits per heavy atom. The monoisotopic (exact) mass is 334 g/mol. The molecule has 7 heteroatoms. The molecule has 1 amide bonds. The normalized spacial score (nSPS) is 11.6. The summed E-state index contributed by atoms with van der Waals surface area (Å²) in [7, 11) is 1.25. The van der Waals surface area contributed by atoms with Crippen molar-refractivity contribution in [3.63, 3.8) is 0 Å². The number of nitrogens with zero attached hydrogens (tertiary/aromatic N) is 1. The Kier molecular flexibility index (Phi) is 4.82. The van der Waals surface area contributed by atoms with Gasteiger partial charge in [-0.1, -0.05) is 13.8 Å². The Bertz CT molecular complexity index is 771. The molecule has 2 aromatic rings. The van der Waals surface area contributed by atoms with Gasteiger partial charge in [-0.15, -0.1) is 0 Å². The van der Waals surface area contributed by atoms with Crippen LogP contribution < -0.4 is 5.32 Å². The first-order valence-electron chi connectivity index (χ1n) is 7.63. The average Bonchev–Trinajstić information content (AvgIpc) is 2.80. The summed E-state index contributed by atoms with van der Waals surface area (Å²) in [4.78, 5) is 28.3. The van der Waals surface area contributed by atoms with E-state index in [1.165, 1.54) is 7.11 Å². The average molecular weight is 334 g/mol. The summed E-state index contributed by atoms with van der Waals surface area (Å²) < 4.78 is 15.6. The number of aromatic nitrogens is 1. The van der Waals surface area contributed by atoms with Gasteiger partial charge in [-0.3, -0.25) is 10.3 Å². The second-order valence-electron chi connectivity index (χ2n) is 6.69. The Labute approximate surface area is 140 Å². The number of hydrogen-bond donors (Lipinski definition) is 1. The molecule has 24 heavy (non-hydrogen) atoms. The first-order chi connectivity index (χ1) is 11.1. The fraction of sp³-hybridized carbons (Fsp3) is 0.471. The van der Waals surface area contributed by atoms with E-state index in [-0.39, 0.29) is 17.4 Å². The number of rotatable bonds is 3. The van der Waals surface area contributed by atoms with Crippen molar-refractivity contribution in [3.05, 3.63) is 23.4 Å². The Morgan fingerprint density at radius 1 is 1.29 bits per heavy atom. The van der Waals surface area contributed by atoms with Crippen LogP contribution in [0.15, 0.2) is 16.7 Å². The summed E-state index contributed by atoms with van der Waals surface area (Å²) in [6.45, 7) is 9.26. The first kappa shape index (κ1) is 17.8. The van der Waals surface area contributed by atoms with Crippen molar-refractivity contribution < 1.29 is 23.5 Å². The highest BCUT2D eigenvalue weighted by Gasteiger charge is 2.26. The summed E-state index contributed by atoms with van der Waals surface area (Å²) in [6, 6.07) is 1.79. The van der Waals surface area contributed by atoms with Gasteiger partial charge in [0, 0.05) is 6.20 Å². The van der Waals surface area contributed by atoms with E-state index >= 15 is 0 Å². The van der Waals surface area contributed by atoms with Crippen LogP contribution in [0.1, 0.15) is 56.5 Å². The van der Waals surface area contributed by atoms with Crippen molar-refractivity contribution in [2.75, 3.05) is 12.4 Å². The number of furan rings is 1. The van der Waals surface area contributed by atoms with Gasteiger partial charge < -0.3 is 13.9 Å². The van der Waals surface area contributed by atoms with Gasteiger partial charge in [-0.2, -0.15) is 0 Å². The minimum atomic E-state index is -0.726. The molecule has 0 aromatic carbocycles. The SMILES string of the molecule is COC(=O)c1c(NC(=O)OC(C)(C)C)oc2cc(C(C)C)cnc12. The van der Waals surface area contributed by atoms with Crippen LogP contribution in [0.5, 0.6) is 0 Å². The topological polar surface area (TPSA) is 90.7 Å². The predicted molar refractivity (Wildman–Crippen MR) is 89.3 cm³/mol. The Balaban J connectivity index is 2.47. The molecule has 2 rings (SSSR count). The molecule has 0 spiro atoms. The molecule has 0 radical (unpaired) electrons. The van der Waals surface area contributed by atoms with E-state index in [1.54, 1.807) is 33.0 Å². The van der Waals surface area contributed by atoms with Gasteiger partial charge in [-0.05, 0) is 38.3 Å². The van der Waals surface area contributed by atoms with Crippen LogP contribution >= 0.6 is 0 Å². The summed E-state index contributed by atoms with van der Waals surface area (Å²) in [5.41, 5.74) is 1.07. The van der Waals surface area contributed by atoms with Gasteiger partial charge in [0.15, 0.2) is 5.58 Å². The number of carbonyl (C=O) groups excluding carboxylic acids is 2. The van der Waals surface area contributed by atoms with Crippen molar-refractivity contribution in [2.24, 2.45) is 0 Å². The van der Waals surface area contributed by atoms with Crippen molar-refractivity contribution in [1.29, 1.82) is 0 Å². The van der Waals surface area contributed by atoms with E-state index in [2.05, 4.69) is 10.3 Å². The summed E-state index contributed by atoms with van der Waals surface area (Å²) in [5, 5.41) is 2.45. The second kappa shape index (κ2) is 6.51. The third-order valence-electron chi connectivity index (χ3n) is 3.22. The lowest BCUT2D eigenvalue weighted by Crippen LogP contribution is -2.27. The number of carbonyl (C=O) groups is 2. The van der Waals surface area contributed by atoms with E-state index in [0.717, 1.165) is 5.56 Å². The predicted octanol–water partition coefficient (Wildman–Crippen LogP) is 4.08. The number of ether oxygens (including phenoxy) is 2. The number of amides is 1. The zero-order valence-electron chi connectivity index (χ0n) is 14.7. The molecule has 0 unspecified atom stereocenters. The van der Waals surface area contributed by atoms with E-state index in [0.29, 0.717) is 11.1 Å². The minimum absolute atomic E-state index is 0.0421. The van der Waals surface area contributed by atoms with E-state index in [9.17, 15) is 9.59 Å². The van der Waals surface area contributed by atoms with Crippen LogP contribution in [-0.2, 0) is 9.47 Å². The van der Waals surface area contributed by atoms with Gasteiger partial charge >= 0.3 is 12.1 Å². The lowest BCUT2D eigenvalue weighted by atomic mass is 10.1. The maximum atomic E-state index is 12.1. The fourth-order valence-electron chi connectivity index (χ4n) is 2.09. The van der Waals surface area contributed by atoms with Gasteiger partial charge in [0.1, 0.15) is 16.7 Å². The number of pyridine rings is 1. The molecular weight excluding hydrogens is 312 g/mol. The third kappa shape index (κ3) is 3.84. The maximum Gasteiger partial charge on any atom is 0.414 e. The van der Waals surface area contributed by atoms with E-state index in [4.69, 9.17) is 13.9 Å². The summed E-state index contributed by atoms with van der Waals surface area (Å²) >= 11 is 0. The molecule has 2 aromatic heterocycles. The number of fused-ring (bicyclic) bond motifs is 1. The van der Waals surface area contributed by atoms with Crippen LogP contribution in [-0.4, -0.2) is 29.8 Å². The quantitative estimate of drug-likeness (QED) is 0.850. The van der Waals surface area contributed by atoms with Crippen molar-refractivity contribution in [2.45, 2.75) is 46.1 Å². The van der Waals surface area contributed by atoms with Crippen LogP contribution in [0.3, 0.4) is 0 Å². The van der Waals surface area contributed by atoms with Crippen molar-refractivity contribution >= 4 is 29.0 Å². The molecule has 0 atom stereocenters. The van der Waals surface area contributed by atoms with Gasteiger partial charge in [-0.25, -0.2) is 9.59 Å². The molecule has 130 valence electrons. The van der Waals surface area contributed by atoms with Crippen LogP contribution in [0.25, 0.3) is 11.1 Å². The molecular formula is C17H22N2O5. The molecule has 0 bridgehead atoms. The highest BCUT2D eigenvalue weighted by molar-refractivity contribution is 6.08. The van der Waals surface area contributed by atoms with E-state index in [1.807, 2.05) is 13.8 Å². The molecule has 2 heterocycles. The van der Waals surface area contributed by atoms with Crippen molar-refractivity contribution in [3.8, 4) is 0 Å². The Hall–Kier alpha value is -2.57. The minimum Gasteiger partial charge on any atom is -0.465 e. The van der Waals surface area contributed by atoms with Crippen LogP contribution in [0.4, 0.5) is 10.7 Å². The van der Waals surface area contributed by atoms with Crippen LogP contribution in [0, 0.1) is 0 Å². The fourth-order valence-corrected chi connectivity index (χ4v) is 2.09. The molecule has 0 aliphatic rings. The number of esters is 1. The molecule has 0 saturated heterocycles. The maximum absolute atomic E-state index is 12.1. The standard InChI is InChI=1S/C17H22N2O5/c1-9(2)10-7-11-13(18-8-10)12(15(20)22-6)14(23-11)19-16(21)24-17(3,4)5/h7-9H,1-6H3,(H,19,21). The molecule has 7 nitrogen and oxygen atoms in total. The number of anilines is 1. The highest BCUT2D eigenvalue weighted by Crippen LogP contribution is 2.31. The second-order valence-corrected chi connectivity index (χ2v) is 6.69. The van der Waals surface area contributed by atoms with E-state index < -0.39 is 17.7 Å². The lowest BCUT2D eigenvalue weighted by Gasteiger charge is -2.19. The van der Waals surface area contributed by atoms with Gasteiger partial charge in [0.05, 0.1) is 7.11 Å². The zero-order valence-corrected chi connectivity index (χ0v) is 14.7. The highest BCUT2D eigenvalue weighted by atomic mass is 16.6. The summed E-state index contributed by atoms with van der Waals surface area (Å²) in [5.74, 6) is -0.444. The summed E-state index contributed by atoms with van der Waals surface area (Å²) in [6.07, 6.45) is 0.947. The third-order valence-corrected chi connectivity index (χ3v) is 3.22. The van der Waals surface area contributed by atoms with Crippen molar-refractivity contribution in [1.82, 2.24) is 4.98 Å². The van der Waals surface area contributed by atoms with Crippen LogP contribution in [0.2, 0.25) is 0 Å². The number of methoxy groups -OCH3 is 1.